The lowest BCUT2D eigenvalue weighted by atomic mass is 10.0. The van der Waals surface area contributed by atoms with Gasteiger partial charge >= 0.3 is 6.03 Å². The van der Waals surface area contributed by atoms with Crippen LogP contribution in [0.5, 0.6) is 0 Å². The van der Waals surface area contributed by atoms with Gasteiger partial charge in [-0.2, -0.15) is 0 Å². The number of amides is 2. The van der Waals surface area contributed by atoms with Crippen LogP contribution in [0.15, 0.2) is 24.3 Å². The van der Waals surface area contributed by atoms with Crippen LogP contribution >= 0.6 is 0 Å². The minimum Gasteiger partial charge on any atom is -0.391 e. The minimum absolute atomic E-state index is 0.185. The fourth-order valence-electron chi connectivity index (χ4n) is 1.48. The van der Waals surface area contributed by atoms with Crippen LogP contribution in [0.3, 0.4) is 0 Å². The van der Waals surface area contributed by atoms with Gasteiger partial charge in [0.2, 0.25) is 0 Å². The Labute approximate surface area is 108 Å². The predicted molar refractivity (Wildman–Crippen MR) is 73.7 cm³/mol. The molecule has 1 aromatic rings. The molecule has 0 spiro atoms. The summed E-state index contributed by atoms with van der Waals surface area (Å²) in [4.78, 5) is 11.6. The molecule has 0 heterocycles. The Morgan fingerprint density at radius 2 is 1.94 bits per heavy atom. The van der Waals surface area contributed by atoms with Gasteiger partial charge in [0.1, 0.15) is 0 Å². The van der Waals surface area contributed by atoms with Gasteiger partial charge < -0.3 is 15.7 Å². The van der Waals surface area contributed by atoms with Crippen LogP contribution in [0.2, 0.25) is 0 Å². The van der Waals surface area contributed by atoms with Crippen molar-refractivity contribution < 1.29 is 9.90 Å². The van der Waals surface area contributed by atoms with Crippen molar-refractivity contribution >= 4 is 11.7 Å². The number of rotatable bonds is 5. The van der Waals surface area contributed by atoms with E-state index in [1.165, 1.54) is 0 Å². The van der Waals surface area contributed by atoms with Gasteiger partial charge in [-0.05, 0) is 25.0 Å². The van der Waals surface area contributed by atoms with Gasteiger partial charge in [0.05, 0.1) is 6.10 Å². The monoisotopic (exact) mass is 250 g/mol. The van der Waals surface area contributed by atoms with Crippen molar-refractivity contribution in [1.82, 2.24) is 5.32 Å². The van der Waals surface area contributed by atoms with Crippen LogP contribution in [-0.4, -0.2) is 23.8 Å². The number of carbonyl (C=O) groups is 1. The van der Waals surface area contributed by atoms with Gasteiger partial charge in [-0.1, -0.05) is 38.0 Å². The van der Waals surface area contributed by atoms with E-state index in [1.807, 2.05) is 45.0 Å². The van der Waals surface area contributed by atoms with Crippen molar-refractivity contribution in [3.8, 4) is 0 Å². The molecule has 4 nitrogen and oxygen atoms in total. The SMILES string of the molecule is CC[C@H](C)[C@@H](O)CNC(=O)Nc1ccc(C)cc1. The fourth-order valence-corrected chi connectivity index (χ4v) is 1.48. The Kier molecular flexibility index (Phi) is 5.65. The number of hydrogen-bond acceptors (Lipinski definition) is 2. The molecular weight excluding hydrogens is 228 g/mol. The van der Waals surface area contributed by atoms with Crippen LogP contribution in [0.1, 0.15) is 25.8 Å². The Morgan fingerprint density at radius 1 is 1.33 bits per heavy atom. The second-order valence-electron chi connectivity index (χ2n) is 4.65. The molecule has 18 heavy (non-hydrogen) atoms. The second-order valence-corrected chi connectivity index (χ2v) is 4.65. The van der Waals surface area contributed by atoms with Crippen LogP contribution in [0.25, 0.3) is 0 Å². The summed E-state index contributed by atoms with van der Waals surface area (Å²) in [6, 6.07) is 7.27. The van der Waals surface area contributed by atoms with Crippen LogP contribution < -0.4 is 10.6 Å². The number of hydrogen-bond donors (Lipinski definition) is 3. The zero-order valence-corrected chi connectivity index (χ0v) is 11.2. The van der Waals surface area contributed by atoms with Crippen molar-refractivity contribution in [3.05, 3.63) is 29.8 Å². The molecule has 0 bridgehead atoms. The number of carbonyl (C=O) groups excluding carboxylic acids is 1. The summed E-state index contributed by atoms with van der Waals surface area (Å²) in [5.41, 5.74) is 1.89. The highest BCUT2D eigenvalue weighted by Gasteiger charge is 2.13. The Morgan fingerprint density at radius 3 is 2.50 bits per heavy atom. The van der Waals surface area contributed by atoms with Gasteiger partial charge in [0, 0.05) is 12.2 Å². The predicted octanol–water partition coefficient (Wildman–Crippen LogP) is 2.52. The zero-order valence-electron chi connectivity index (χ0n) is 11.2. The number of aliphatic hydroxyl groups excluding tert-OH is 1. The molecule has 0 saturated heterocycles. The molecular formula is C14H22N2O2. The smallest absolute Gasteiger partial charge is 0.319 e. The molecule has 0 aromatic heterocycles. The normalized spacial score (nSPS) is 13.8. The molecule has 0 fully saturated rings. The molecule has 2 amide bonds. The Hall–Kier alpha value is -1.55. The number of urea groups is 1. The largest absolute Gasteiger partial charge is 0.391 e. The third-order valence-corrected chi connectivity index (χ3v) is 3.08. The van der Waals surface area contributed by atoms with E-state index in [4.69, 9.17) is 0 Å². The molecule has 0 radical (unpaired) electrons. The van der Waals surface area contributed by atoms with Crippen LogP contribution in [0, 0.1) is 12.8 Å². The van der Waals surface area contributed by atoms with Gasteiger partial charge in [-0.25, -0.2) is 4.79 Å². The summed E-state index contributed by atoms with van der Waals surface area (Å²) in [6.07, 6.45) is 0.390. The zero-order chi connectivity index (χ0) is 13.5. The number of aryl methyl sites for hydroxylation is 1. The maximum absolute atomic E-state index is 11.6. The van der Waals surface area contributed by atoms with E-state index >= 15 is 0 Å². The first-order valence-corrected chi connectivity index (χ1v) is 6.32. The topological polar surface area (TPSA) is 61.4 Å². The quantitative estimate of drug-likeness (QED) is 0.752. The van der Waals surface area contributed by atoms with Crippen LogP contribution in [0.4, 0.5) is 10.5 Å². The number of aliphatic hydroxyl groups is 1. The van der Waals surface area contributed by atoms with E-state index in [0.29, 0.717) is 0 Å². The third kappa shape index (κ3) is 4.75. The summed E-state index contributed by atoms with van der Waals surface area (Å²) < 4.78 is 0. The molecule has 0 unspecified atom stereocenters. The molecule has 1 rings (SSSR count). The first-order chi connectivity index (χ1) is 8.52. The summed E-state index contributed by atoms with van der Waals surface area (Å²) in [5, 5.41) is 15.1. The number of nitrogens with one attached hydrogen (secondary N) is 2. The van der Waals surface area contributed by atoms with Crippen molar-refractivity contribution in [2.24, 2.45) is 5.92 Å². The number of anilines is 1. The van der Waals surface area contributed by atoms with Gasteiger partial charge in [0.15, 0.2) is 0 Å². The molecule has 0 saturated carbocycles. The minimum atomic E-state index is -0.501. The highest BCUT2D eigenvalue weighted by atomic mass is 16.3. The highest BCUT2D eigenvalue weighted by Crippen LogP contribution is 2.09. The van der Waals surface area contributed by atoms with E-state index in [1.54, 1.807) is 0 Å². The van der Waals surface area contributed by atoms with E-state index in [0.717, 1.165) is 17.7 Å². The molecule has 100 valence electrons. The lowest BCUT2D eigenvalue weighted by Crippen LogP contribution is -2.37. The molecule has 3 N–H and O–H groups in total. The van der Waals surface area contributed by atoms with Crippen molar-refractivity contribution in [3.63, 3.8) is 0 Å². The maximum atomic E-state index is 11.6. The van der Waals surface area contributed by atoms with E-state index in [2.05, 4.69) is 10.6 Å². The van der Waals surface area contributed by atoms with Crippen molar-refractivity contribution in [2.45, 2.75) is 33.3 Å². The lowest BCUT2D eigenvalue weighted by Gasteiger charge is -2.17. The van der Waals surface area contributed by atoms with E-state index in [9.17, 15) is 9.90 Å². The fraction of sp³-hybridized carbons (Fsp3) is 0.500. The van der Waals surface area contributed by atoms with Gasteiger partial charge in [-0.3, -0.25) is 0 Å². The second kappa shape index (κ2) is 7.01. The first-order valence-electron chi connectivity index (χ1n) is 6.32. The van der Waals surface area contributed by atoms with Crippen molar-refractivity contribution in [1.29, 1.82) is 0 Å². The molecule has 0 aliphatic carbocycles. The van der Waals surface area contributed by atoms with Crippen LogP contribution in [-0.2, 0) is 0 Å². The standard InChI is InChI=1S/C14H22N2O2/c1-4-11(3)13(17)9-15-14(18)16-12-7-5-10(2)6-8-12/h5-8,11,13,17H,4,9H2,1-3H3,(H2,15,16,18)/t11-,13-/m0/s1. The Bertz CT molecular complexity index is 376. The summed E-state index contributed by atoms with van der Waals surface area (Å²) >= 11 is 0. The van der Waals surface area contributed by atoms with Crippen molar-refractivity contribution in [2.75, 3.05) is 11.9 Å². The lowest BCUT2D eigenvalue weighted by molar-refractivity contribution is 0.115. The summed E-state index contributed by atoms with van der Waals surface area (Å²) in [7, 11) is 0. The van der Waals surface area contributed by atoms with Gasteiger partial charge in [-0.15, -0.1) is 0 Å². The van der Waals surface area contributed by atoms with Gasteiger partial charge in [0.25, 0.3) is 0 Å². The molecule has 2 atom stereocenters. The maximum Gasteiger partial charge on any atom is 0.319 e. The number of benzene rings is 1. The molecule has 4 heteroatoms. The molecule has 0 aliphatic rings. The average molecular weight is 250 g/mol. The van der Waals surface area contributed by atoms with E-state index < -0.39 is 6.10 Å². The third-order valence-electron chi connectivity index (χ3n) is 3.08. The summed E-state index contributed by atoms with van der Waals surface area (Å²) in [6.45, 7) is 6.24. The molecule has 1 aromatic carbocycles. The summed E-state index contributed by atoms with van der Waals surface area (Å²) in [5.74, 6) is 0.185. The molecule has 0 aliphatic heterocycles. The highest BCUT2D eigenvalue weighted by molar-refractivity contribution is 5.89. The Balaban J connectivity index is 2.36. The average Bonchev–Trinajstić information content (AvgIpc) is 2.37. The van der Waals surface area contributed by atoms with E-state index in [-0.39, 0.29) is 18.5 Å². The first kappa shape index (κ1) is 14.5.